The summed E-state index contributed by atoms with van der Waals surface area (Å²) in [6.45, 7) is 3.88. The molecule has 0 unspecified atom stereocenters. The second kappa shape index (κ2) is 8.11. The molecule has 2 aliphatic heterocycles. The number of halogens is 1. The van der Waals surface area contributed by atoms with Crippen LogP contribution < -0.4 is 10.1 Å². The van der Waals surface area contributed by atoms with Crippen LogP contribution in [-0.2, 0) is 0 Å². The molecule has 2 aromatic carbocycles. The first-order chi connectivity index (χ1) is 12.3. The smallest absolute Gasteiger partial charge is 0.257 e. The molecular formula is C21H25ClN2O2. The highest BCUT2D eigenvalue weighted by Gasteiger charge is 2.38. The predicted octanol–water partition coefficient (Wildman–Crippen LogP) is 4.12. The highest BCUT2D eigenvalue weighted by molar-refractivity contribution is 5.97. The van der Waals surface area contributed by atoms with Crippen LogP contribution in [0.1, 0.15) is 29.6 Å². The van der Waals surface area contributed by atoms with Gasteiger partial charge >= 0.3 is 0 Å². The molecule has 0 atom stereocenters. The number of carbonyl (C=O) groups excluding carboxylic acids is 1. The van der Waals surface area contributed by atoms with Crippen LogP contribution in [0.15, 0.2) is 54.6 Å². The quantitative estimate of drug-likeness (QED) is 0.881. The van der Waals surface area contributed by atoms with Gasteiger partial charge in [-0.2, -0.15) is 0 Å². The van der Waals surface area contributed by atoms with E-state index in [0.29, 0.717) is 16.7 Å². The Morgan fingerprint density at radius 3 is 2.35 bits per heavy atom. The number of amides is 1. The molecule has 1 spiro atoms. The molecule has 0 saturated carbocycles. The zero-order valence-corrected chi connectivity index (χ0v) is 15.6. The number of benzene rings is 2. The summed E-state index contributed by atoms with van der Waals surface area (Å²) in [5, 5.41) is 3.47. The normalized spacial score (nSPS) is 18.4. The Morgan fingerprint density at radius 2 is 1.65 bits per heavy atom. The largest absolute Gasteiger partial charge is 0.457 e. The van der Waals surface area contributed by atoms with E-state index >= 15 is 0 Å². The lowest BCUT2D eigenvalue weighted by atomic mass is 9.78. The Labute approximate surface area is 160 Å². The summed E-state index contributed by atoms with van der Waals surface area (Å²) < 4.78 is 5.96. The highest BCUT2D eigenvalue weighted by Crippen LogP contribution is 2.37. The number of nitrogens with one attached hydrogen (secondary N) is 1. The lowest BCUT2D eigenvalue weighted by molar-refractivity contribution is 0.0605. The zero-order chi connectivity index (χ0) is 17.1. The maximum absolute atomic E-state index is 13.0. The van der Waals surface area contributed by atoms with Crippen molar-refractivity contribution in [3.63, 3.8) is 0 Å². The molecule has 1 amide bonds. The summed E-state index contributed by atoms with van der Waals surface area (Å²) in [5.41, 5.74) is 1.06. The standard InChI is InChI=1S/C21H24N2O2.ClH/c24-20(23-14-11-21(12-15-23)10-13-22-16-21)18-8-4-5-9-19(18)25-17-6-2-1-3-7-17;/h1-9,22H,10-16H2;1H. The van der Waals surface area contributed by atoms with Gasteiger partial charge in [-0.25, -0.2) is 0 Å². The van der Waals surface area contributed by atoms with Crippen LogP contribution in [0.3, 0.4) is 0 Å². The van der Waals surface area contributed by atoms with Crippen molar-refractivity contribution >= 4 is 18.3 Å². The zero-order valence-electron chi connectivity index (χ0n) is 14.8. The van der Waals surface area contributed by atoms with Gasteiger partial charge < -0.3 is 15.0 Å². The molecule has 0 aliphatic carbocycles. The molecule has 5 heteroatoms. The Hall–Kier alpha value is -2.04. The predicted molar refractivity (Wildman–Crippen MR) is 105 cm³/mol. The summed E-state index contributed by atoms with van der Waals surface area (Å²) >= 11 is 0. The van der Waals surface area contributed by atoms with Crippen molar-refractivity contribution in [2.45, 2.75) is 19.3 Å². The summed E-state index contributed by atoms with van der Waals surface area (Å²) in [5.74, 6) is 1.45. The Morgan fingerprint density at radius 1 is 0.962 bits per heavy atom. The van der Waals surface area contributed by atoms with Crippen molar-refractivity contribution in [3.8, 4) is 11.5 Å². The first kappa shape index (κ1) is 18.7. The summed E-state index contributed by atoms with van der Waals surface area (Å²) in [6.07, 6.45) is 3.42. The van der Waals surface area contributed by atoms with E-state index < -0.39 is 0 Å². The molecule has 1 N–H and O–H groups in total. The lowest BCUT2D eigenvalue weighted by Gasteiger charge is -2.39. The van der Waals surface area contributed by atoms with Crippen molar-refractivity contribution in [1.82, 2.24) is 10.2 Å². The Bertz CT molecular complexity index is 735. The minimum absolute atomic E-state index is 0. The topological polar surface area (TPSA) is 41.6 Å². The average molecular weight is 373 g/mol. The molecule has 2 fully saturated rings. The van der Waals surface area contributed by atoms with Crippen LogP contribution in [0.4, 0.5) is 0 Å². The van der Waals surface area contributed by atoms with Crippen molar-refractivity contribution in [3.05, 3.63) is 60.2 Å². The molecule has 138 valence electrons. The Kier molecular flexibility index (Phi) is 5.84. The number of rotatable bonds is 3. The fourth-order valence-corrected chi connectivity index (χ4v) is 3.92. The van der Waals surface area contributed by atoms with Crippen LogP contribution in [0.25, 0.3) is 0 Å². The number of hydrogen-bond donors (Lipinski definition) is 1. The van der Waals surface area contributed by atoms with Crippen molar-refractivity contribution in [1.29, 1.82) is 0 Å². The van der Waals surface area contributed by atoms with Crippen LogP contribution >= 0.6 is 12.4 Å². The number of likely N-dealkylation sites (tertiary alicyclic amines) is 1. The molecule has 4 rings (SSSR count). The second-order valence-corrected chi connectivity index (χ2v) is 7.13. The monoisotopic (exact) mass is 372 g/mol. The molecule has 26 heavy (non-hydrogen) atoms. The number of ether oxygens (including phenoxy) is 1. The molecule has 0 aromatic heterocycles. The van der Waals surface area contributed by atoms with Crippen LogP contribution in [0, 0.1) is 5.41 Å². The summed E-state index contributed by atoms with van der Waals surface area (Å²) in [4.78, 5) is 15.0. The third-order valence-corrected chi connectivity index (χ3v) is 5.53. The van der Waals surface area contributed by atoms with Crippen LogP contribution in [0.5, 0.6) is 11.5 Å². The van der Waals surface area contributed by atoms with E-state index in [4.69, 9.17) is 4.74 Å². The lowest BCUT2D eigenvalue weighted by Crippen LogP contribution is -2.44. The van der Waals surface area contributed by atoms with Crippen molar-refractivity contribution in [2.75, 3.05) is 26.2 Å². The molecule has 2 aliphatic rings. The number of para-hydroxylation sites is 2. The van der Waals surface area contributed by atoms with Gasteiger partial charge in [-0.1, -0.05) is 30.3 Å². The minimum Gasteiger partial charge on any atom is -0.457 e. The van der Waals surface area contributed by atoms with E-state index in [9.17, 15) is 4.79 Å². The third-order valence-electron chi connectivity index (χ3n) is 5.53. The van der Waals surface area contributed by atoms with E-state index in [1.807, 2.05) is 59.5 Å². The number of nitrogens with zero attached hydrogens (tertiary/aromatic N) is 1. The fourth-order valence-electron chi connectivity index (χ4n) is 3.92. The fraction of sp³-hybridized carbons (Fsp3) is 0.381. The van der Waals surface area contributed by atoms with E-state index in [-0.39, 0.29) is 18.3 Å². The molecule has 2 heterocycles. The molecule has 0 bridgehead atoms. The number of piperidine rings is 1. The molecule has 2 saturated heterocycles. The van der Waals surface area contributed by atoms with Gasteiger partial charge in [-0.3, -0.25) is 4.79 Å². The second-order valence-electron chi connectivity index (χ2n) is 7.13. The molecule has 4 nitrogen and oxygen atoms in total. The van der Waals surface area contributed by atoms with Gasteiger partial charge in [0.25, 0.3) is 5.91 Å². The van der Waals surface area contributed by atoms with E-state index in [1.165, 1.54) is 6.42 Å². The van der Waals surface area contributed by atoms with Crippen molar-refractivity contribution < 1.29 is 9.53 Å². The van der Waals surface area contributed by atoms with Gasteiger partial charge in [-0.05, 0) is 55.5 Å². The minimum atomic E-state index is 0. The first-order valence-electron chi connectivity index (χ1n) is 9.08. The van der Waals surface area contributed by atoms with E-state index in [2.05, 4.69) is 5.32 Å². The summed E-state index contributed by atoms with van der Waals surface area (Å²) in [7, 11) is 0. The number of carbonyl (C=O) groups is 1. The maximum Gasteiger partial charge on any atom is 0.257 e. The summed E-state index contributed by atoms with van der Waals surface area (Å²) in [6, 6.07) is 17.2. The molecular weight excluding hydrogens is 348 g/mol. The van der Waals surface area contributed by atoms with Gasteiger partial charge in [0.2, 0.25) is 0 Å². The van der Waals surface area contributed by atoms with Gasteiger partial charge in [0.1, 0.15) is 11.5 Å². The van der Waals surface area contributed by atoms with Gasteiger partial charge in [0.05, 0.1) is 5.56 Å². The Balaban J connectivity index is 0.00000196. The van der Waals surface area contributed by atoms with Crippen LogP contribution in [0.2, 0.25) is 0 Å². The number of hydrogen-bond acceptors (Lipinski definition) is 3. The van der Waals surface area contributed by atoms with Gasteiger partial charge in [-0.15, -0.1) is 12.4 Å². The van der Waals surface area contributed by atoms with E-state index in [0.717, 1.165) is 44.8 Å². The molecule has 2 aromatic rings. The van der Waals surface area contributed by atoms with E-state index in [1.54, 1.807) is 0 Å². The van der Waals surface area contributed by atoms with Crippen molar-refractivity contribution in [2.24, 2.45) is 5.41 Å². The first-order valence-corrected chi connectivity index (χ1v) is 9.08. The SMILES string of the molecule is Cl.O=C(c1ccccc1Oc1ccccc1)N1CCC2(CCNC2)CC1. The molecule has 0 radical (unpaired) electrons. The van der Waals surface area contributed by atoms with Gasteiger partial charge in [0, 0.05) is 19.6 Å². The highest BCUT2D eigenvalue weighted by atomic mass is 35.5. The van der Waals surface area contributed by atoms with Gasteiger partial charge in [0.15, 0.2) is 0 Å². The maximum atomic E-state index is 13.0. The third kappa shape index (κ3) is 3.87. The van der Waals surface area contributed by atoms with Crippen LogP contribution in [-0.4, -0.2) is 37.0 Å². The average Bonchev–Trinajstić information content (AvgIpc) is 3.11.